The molecular weight excluding hydrogens is 264 g/mol. The number of anilines is 1. The molecule has 0 fully saturated rings. The summed E-state index contributed by atoms with van der Waals surface area (Å²) in [6, 6.07) is 0. The van der Waals surface area contributed by atoms with Crippen molar-refractivity contribution in [2.75, 3.05) is 24.2 Å². The molecule has 0 spiro atoms. The SMILES string of the molecule is CCOC(=O)CSc1nnc(NC(=O)CN)s1. The largest absolute Gasteiger partial charge is 0.465 e. The van der Waals surface area contributed by atoms with Crippen molar-refractivity contribution < 1.29 is 14.3 Å². The Morgan fingerprint density at radius 1 is 1.53 bits per heavy atom. The standard InChI is InChI=1S/C8H12N4O3S2/c1-2-15-6(14)4-16-8-12-11-7(17-8)10-5(13)3-9/h2-4,9H2,1H3,(H,10,11,13). The quantitative estimate of drug-likeness (QED) is 0.430. The van der Waals surface area contributed by atoms with E-state index in [1.165, 1.54) is 23.1 Å². The van der Waals surface area contributed by atoms with Gasteiger partial charge in [-0.2, -0.15) is 0 Å². The van der Waals surface area contributed by atoms with Crippen LogP contribution in [0.15, 0.2) is 4.34 Å². The van der Waals surface area contributed by atoms with Gasteiger partial charge in [-0.05, 0) is 6.92 Å². The minimum atomic E-state index is -0.330. The third kappa shape index (κ3) is 5.11. The van der Waals surface area contributed by atoms with Crippen molar-refractivity contribution in [3.05, 3.63) is 0 Å². The summed E-state index contributed by atoms with van der Waals surface area (Å²) in [7, 11) is 0. The monoisotopic (exact) mass is 276 g/mol. The van der Waals surface area contributed by atoms with Crippen LogP contribution in [0.4, 0.5) is 5.13 Å². The smallest absolute Gasteiger partial charge is 0.316 e. The van der Waals surface area contributed by atoms with E-state index in [4.69, 9.17) is 10.5 Å². The molecule has 0 radical (unpaired) electrons. The van der Waals surface area contributed by atoms with Crippen molar-refractivity contribution in [2.24, 2.45) is 5.73 Å². The highest BCUT2D eigenvalue weighted by Crippen LogP contribution is 2.25. The van der Waals surface area contributed by atoms with Gasteiger partial charge in [0.1, 0.15) is 0 Å². The van der Waals surface area contributed by atoms with Gasteiger partial charge in [0, 0.05) is 0 Å². The highest BCUT2D eigenvalue weighted by molar-refractivity contribution is 8.01. The van der Waals surface area contributed by atoms with Gasteiger partial charge < -0.3 is 10.5 Å². The van der Waals surface area contributed by atoms with Gasteiger partial charge in [-0.25, -0.2) is 0 Å². The zero-order chi connectivity index (χ0) is 12.7. The second-order valence-electron chi connectivity index (χ2n) is 2.72. The van der Waals surface area contributed by atoms with E-state index < -0.39 is 0 Å². The zero-order valence-corrected chi connectivity index (χ0v) is 10.8. The Morgan fingerprint density at radius 3 is 2.94 bits per heavy atom. The number of ether oxygens (including phenoxy) is 1. The van der Waals surface area contributed by atoms with E-state index in [1.54, 1.807) is 6.92 Å². The van der Waals surface area contributed by atoms with Crippen LogP contribution >= 0.6 is 23.1 Å². The van der Waals surface area contributed by atoms with Crippen molar-refractivity contribution >= 4 is 40.1 Å². The maximum absolute atomic E-state index is 11.1. The first-order valence-electron chi connectivity index (χ1n) is 4.77. The molecule has 1 aromatic rings. The molecule has 9 heteroatoms. The van der Waals surface area contributed by atoms with Gasteiger partial charge in [0.2, 0.25) is 11.0 Å². The number of carbonyl (C=O) groups excluding carboxylic acids is 2. The van der Waals surface area contributed by atoms with Crippen LogP contribution in [0.1, 0.15) is 6.92 Å². The average Bonchev–Trinajstić information content (AvgIpc) is 2.74. The van der Waals surface area contributed by atoms with Gasteiger partial charge in [-0.1, -0.05) is 23.1 Å². The van der Waals surface area contributed by atoms with Crippen LogP contribution in [0.3, 0.4) is 0 Å². The molecule has 0 saturated heterocycles. The third-order valence-electron chi connectivity index (χ3n) is 1.46. The van der Waals surface area contributed by atoms with Gasteiger partial charge in [-0.15, -0.1) is 10.2 Å². The van der Waals surface area contributed by atoms with Crippen molar-refractivity contribution in [3.63, 3.8) is 0 Å². The van der Waals surface area contributed by atoms with E-state index in [-0.39, 0.29) is 24.2 Å². The molecule has 3 N–H and O–H groups in total. The molecule has 1 aromatic heterocycles. The van der Waals surface area contributed by atoms with Crippen LogP contribution in [0.2, 0.25) is 0 Å². The first-order chi connectivity index (χ1) is 8.15. The molecule has 1 heterocycles. The molecule has 0 saturated carbocycles. The van der Waals surface area contributed by atoms with Crippen molar-refractivity contribution in [2.45, 2.75) is 11.3 Å². The van der Waals surface area contributed by atoms with Gasteiger partial charge in [0.15, 0.2) is 4.34 Å². The number of carbonyl (C=O) groups is 2. The van der Waals surface area contributed by atoms with Crippen LogP contribution in [0.25, 0.3) is 0 Å². The minimum Gasteiger partial charge on any atom is -0.465 e. The molecule has 0 aliphatic heterocycles. The number of rotatable bonds is 6. The first kappa shape index (κ1) is 13.9. The molecule has 17 heavy (non-hydrogen) atoms. The number of thioether (sulfide) groups is 1. The summed E-state index contributed by atoms with van der Waals surface area (Å²) in [5, 5.41) is 10.4. The van der Waals surface area contributed by atoms with Crippen LogP contribution in [0.5, 0.6) is 0 Å². The summed E-state index contributed by atoms with van der Waals surface area (Å²) in [6.07, 6.45) is 0. The van der Waals surface area contributed by atoms with Crippen LogP contribution < -0.4 is 11.1 Å². The predicted octanol–water partition coefficient (Wildman–Crippen LogP) is 0.0905. The van der Waals surface area contributed by atoms with E-state index in [0.29, 0.717) is 16.1 Å². The third-order valence-corrected chi connectivity index (χ3v) is 3.40. The fourth-order valence-electron chi connectivity index (χ4n) is 0.812. The summed E-state index contributed by atoms with van der Waals surface area (Å²) >= 11 is 2.39. The topological polar surface area (TPSA) is 107 Å². The van der Waals surface area contributed by atoms with Gasteiger partial charge >= 0.3 is 5.97 Å². The maximum Gasteiger partial charge on any atom is 0.316 e. The lowest BCUT2D eigenvalue weighted by atomic mass is 10.6. The molecule has 0 unspecified atom stereocenters. The van der Waals surface area contributed by atoms with Crippen LogP contribution in [0, 0.1) is 0 Å². The lowest BCUT2D eigenvalue weighted by Crippen LogP contribution is -2.21. The Balaban J connectivity index is 2.40. The molecule has 1 amide bonds. The number of amides is 1. The Labute approximate surface area is 106 Å². The number of esters is 1. The fourth-order valence-corrected chi connectivity index (χ4v) is 2.38. The van der Waals surface area contributed by atoms with E-state index in [9.17, 15) is 9.59 Å². The van der Waals surface area contributed by atoms with Crippen molar-refractivity contribution in [3.8, 4) is 0 Å². The first-order valence-corrected chi connectivity index (χ1v) is 6.57. The Bertz CT molecular complexity index is 396. The molecule has 94 valence electrons. The molecule has 0 aromatic carbocycles. The second kappa shape index (κ2) is 7.20. The van der Waals surface area contributed by atoms with Gasteiger partial charge in [0.25, 0.3) is 0 Å². The summed E-state index contributed by atoms with van der Waals surface area (Å²) in [5.74, 6) is -0.462. The summed E-state index contributed by atoms with van der Waals surface area (Å²) < 4.78 is 5.35. The number of nitrogens with one attached hydrogen (secondary N) is 1. The number of aromatic nitrogens is 2. The predicted molar refractivity (Wildman–Crippen MR) is 65.0 cm³/mol. The lowest BCUT2D eigenvalue weighted by Gasteiger charge is -1.98. The van der Waals surface area contributed by atoms with Crippen LogP contribution in [-0.2, 0) is 14.3 Å². The molecule has 0 atom stereocenters. The highest BCUT2D eigenvalue weighted by Gasteiger charge is 2.09. The van der Waals surface area contributed by atoms with Gasteiger partial charge in [0.05, 0.1) is 18.9 Å². The average molecular weight is 276 g/mol. The Kier molecular flexibility index (Phi) is 5.87. The van der Waals surface area contributed by atoms with E-state index >= 15 is 0 Å². The lowest BCUT2D eigenvalue weighted by molar-refractivity contribution is -0.139. The fraction of sp³-hybridized carbons (Fsp3) is 0.500. The molecular formula is C8H12N4O3S2. The zero-order valence-electron chi connectivity index (χ0n) is 9.13. The normalized spacial score (nSPS) is 10.0. The number of hydrogen-bond donors (Lipinski definition) is 2. The molecule has 1 rings (SSSR count). The summed E-state index contributed by atoms with van der Waals surface area (Å²) in [5.41, 5.74) is 5.14. The van der Waals surface area contributed by atoms with Crippen molar-refractivity contribution in [1.29, 1.82) is 0 Å². The maximum atomic E-state index is 11.1. The molecule has 0 bridgehead atoms. The highest BCUT2D eigenvalue weighted by atomic mass is 32.2. The Morgan fingerprint density at radius 2 is 2.29 bits per heavy atom. The van der Waals surface area contributed by atoms with E-state index in [2.05, 4.69) is 15.5 Å². The van der Waals surface area contributed by atoms with Gasteiger partial charge in [-0.3, -0.25) is 14.9 Å². The number of nitrogens with two attached hydrogens (primary N) is 1. The second-order valence-corrected chi connectivity index (χ2v) is 4.92. The molecule has 0 aliphatic carbocycles. The minimum absolute atomic E-state index is 0.106. The van der Waals surface area contributed by atoms with E-state index in [0.717, 1.165) is 0 Å². The van der Waals surface area contributed by atoms with Crippen molar-refractivity contribution in [1.82, 2.24) is 10.2 Å². The van der Waals surface area contributed by atoms with E-state index in [1.807, 2.05) is 0 Å². The summed E-state index contributed by atoms with van der Waals surface area (Å²) in [4.78, 5) is 22.0. The molecule has 0 aliphatic rings. The Hall–Kier alpha value is -1.19. The molecule has 7 nitrogen and oxygen atoms in total. The summed E-state index contributed by atoms with van der Waals surface area (Å²) in [6.45, 7) is 1.99. The van der Waals surface area contributed by atoms with Crippen LogP contribution in [-0.4, -0.2) is 41.0 Å². The number of nitrogens with zero attached hydrogens (tertiary/aromatic N) is 2. The number of hydrogen-bond acceptors (Lipinski definition) is 8.